The molecule has 1 aromatic carbocycles. The fourth-order valence-electron chi connectivity index (χ4n) is 2.04. The lowest BCUT2D eigenvalue weighted by Crippen LogP contribution is -2.11. The van der Waals surface area contributed by atoms with Gasteiger partial charge in [0, 0.05) is 19.0 Å². The number of carbonyl (C=O) groups is 2. The van der Waals surface area contributed by atoms with Gasteiger partial charge in [-0.05, 0) is 28.6 Å². The lowest BCUT2D eigenvalue weighted by Gasteiger charge is -2.08. The molecular weight excluding hydrogens is 306 g/mol. The molecule has 8 nitrogen and oxygen atoms in total. The maximum absolute atomic E-state index is 11.6. The molecule has 1 atom stereocenters. The minimum absolute atomic E-state index is 0.155. The third-order valence-electron chi connectivity index (χ3n) is 2.99. The third-order valence-corrected chi connectivity index (χ3v) is 4.16. The van der Waals surface area contributed by atoms with Crippen LogP contribution in [0.15, 0.2) is 29.4 Å². The van der Waals surface area contributed by atoms with Crippen LogP contribution in [0.2, 0.25) is 0 Å². The van der Waals surface area contributed by atoms with Gasteiger partial charge in [0.1, 0.15) is 5.25 Å². The molecule has 9 heteroatoms. The van der Waals surface area contributed by atoms with E-state index in [2.05, 4.69) is 20.8 Å². The molecular formula is C13H13N5O3S. The number of esters is 1. The van der Waals surface area contributed by atoms with Crippen molar-refractivity contribution < 1.29 is 14.3 Å². The van der Waals surface area contributed by atoms with Crippen LogP contribution in [0.4, 0.5) is 5.69 Å². The fourth-order valence-corrected chi connectivity index (χ4v) is 3.00. The Kier molecular flexibility index (Phi) is 4.05. The van der Waals surface area contributed by atoms with Crippen LogP contribution in [-0.4, -0.2) is 43.9 Å². The number of carbonyl (C=O) groups excluding carboxylic acids is 2. The summed E-state index contributed by atoms with van der Waals surface area (Å²) >= 11 is 1.27. The number of hydrogen-bond acceptors (Lipinski definition) is 7. The van der Waals surface area contributed by atoms with Crippen LogP contribution in [0.5, 0.6) is 0 Å². The molecule has 1 N–H and O–H groups in total. The minimum atomic E-state index is -0.289. The second kappa shape index (κ2) is 6.14. The van der Waals surface area contributed by atoms with Gasteiger partial charge in [0.05, 0.1) is 12.3 Å². The molecule has 1 fully saturated rings. The Morgan fingerprint density at radius 1 is 1.50 bits per heavy atom. The molecule has 0 bridgehead atoms. The maximum Gasteiger partial charge on any atom is 0.319 e. The van der Waals surface area contributed by atoms with Crippen LogP contribution in [-0.2, 0) is 14.3 Å². The van der Waals surface area contributed by atoms with Crippen LogP contribution < -0.4 is 5.32 Å². The Morgan fingerprint density at radius 2 is 2.36 bits per heavy atom. The highest BCUT2D eigenvalue weighted by molar-refractivity contribution is 8.00. The van der Waals surface area contributed by atoms with Gasteiger partial charge in [-0.3, -0.25) is 9.59 Å². The number of tetrazole rings is 1. The van der Waals surface area contributed by atoms with Crippen molar-refractivity contribution in [2.75, 3.05) is 11.9 Å². The van der Waals surface area contributed by atoms with E-state index in [1.807, 2.05) is 6.07 Å². The number of nitrogens with one attached hydrogen (secondary N) is 1. The minimum Gasteiger partial charge on any atom is -0.465 e. The highest BCUT2D eigenvalue weighted by Gasteiger charge is 2.29. The first-order valence-corrected chi connectivity index (χ1v) is 7.51. The summed E-state index contributed by atoms with van der Waals surface area (Å²) in [5.41, 5.74) is 1.35. The molecule has 0 unspecified atom stereocenters. The zero-order valence-corrected chi connectivity index (χ0v) is 12.5. The van der Waals surface area contributed by atoms with E-state index >= 15 is 0 Å². The molecule has 0 aliphatic carbocycles. The van der Waals surface area contributed by atoms with Crippen molar-refractivity contribution in [1.29, 1.82) is 0 Å². The summed E-state index contributed by atoms with van der Waals surface area (Å²) in [7, 11) is 0. The standard InChI is InChI=1S/C13H13N5O3S/c1-8(19)14-9-3-2-4-10(7-9)18-13(15-16-17-18)22-11-5-6-21-12(11)20/h2-4,7,11H,5-6H2,1H3,(H,14,19)/t11-/m0/s1. The smallest absolute Gasteiger partial charge is 0.319 e. The average Bonchev–Trinajstić information content (AvgIpc) is 3.09. The number of anilines is 1. The molecule has 1 saturated heterocycles. The van der Waals surface area contributed by atoms with Crippen LogP contribution in [0, 0.1) is 0 Å². The summed E-state index contributed by atoms with van der Waals surface area (Å²) in [6.07, 6.45) is 0.641. The average molecular weight is 319 g/mol. The first kappa shape index (κ1) is 14.5. The Labute approximate surface area is 130 Å². The number of benzene rings is 1. The first-order valence-electron chi connectivity index (χ1n) is 6.63. The molecule has 22 heavy (non-hydrogen) atoms. The molecule has 0 radical (unpaired) electrons. The predicted octanol–water partition coefficient (Wildman–Crippen LogP) is 1.03. The van der Waals surface area contributed by atoms with Gasteiger partial charge in [0.25, 0.3) is 0 Å². The molecule has 2 aromatic rings. The van der Waals surface area contributed by atoms with E-state index < -0.39 is 0 Å². The van der Waals surface area contributed by atoms with Crippen molar-refractivity contribution in [3.8, 4) is 5.69 Å². The van der Waals surface area contributed by atoms with Crippen molar-refractivity contribution >= 4 is 29.3 Å². The second-order valence-corrected chi connectivity index (χ2v) is 5.84. The van der Waals surface area contributed by atoms with E-state index in [-0.39, 0.29) is 17.1 Å². The van der Waals surface area contributed by atoms with Crippen LogP contribution in [0.25, 0.3) is 5.69 Å². The van der Waals surface area contributed by atoms with Crippen molar-refractivity contribution in [2.45, 2.75) is 23.8 Å². The number of nitrogens with zero attached hydrogens (tertiary/aromatic N) is 4. The summed E-state index contributed by atoms with van der Waals surface area (Å²) in [5.74, 6) is -0.399. The number of hydrogen-bond donors (Lipinski definition) is 1. The third kappa shape index (κ3) is 3.08. The van der Waals surface area contributed by atoms with Gasteiger partial charge < -0.3 is 10.1 Å². The molecule has 1 amide bonds. The number of aromatic nitrogens is 4. The number of thioether (sulfide) groups is 1. The molecule has 0 spiro atoms. The molecule has 0 saturated carbocycles. The monoisotopic (exact) mass is 319 g/mol. The van der Waals surface area contributed by atoms with E-state index in [0.29, 0.717) is 29.6 Å². The van der Waals surface area contributed by atoms with E-state index in [1.54, 1.807) is 18.2 Å². The highest BCUT2D eigenvalue weighted by atomic mass is 32.2. The van der Waals surface area contributed by atoms with Crippen molar-refractivity contribution in [1.82, 2.24) is 20.2 Å². The summed E-state index contributed by atoms with van der Waals surface area (Å²) in [6, 6.07) is 7.14. The van der Waals surface area contributed by atoms with Crippen LogP contribution in [0.3, 0.4) is 0 Å². The maximum atomic E-state index is 11.6. The van der Waals surface area contributed by atoms with E-state index in [4.69, 9.17) is 4.74 Å². The van der Waals surface area contributed by atoms with Gasteiger partial charge >= 0.3 is 5.97 Å². The van der Waals surface area contributed by atoms with E-state index in [1.165, 1.54) is 23.4 Å². The van der Waals surface area contributed by atoms with Crippen molar-refractivity contribution in [3.05, 3.63) is 24.3 Å². The lowest BCUT2D eigenvalue weighted by atomic mass is 10.3. The van der Waals surface area contributed by atoms with Gasteiger partial charge in [0.2, 0.25) is 11.1 Å². The Balaban J connectivity index is 1.85. The van der Waals surface area contributed by atoms with Crippen LogP contribution in [0.1, 0.15) is 13.3 Å². The van der Waals surface area contributed by atoms with Gasteiger partial charge in [-0.1, -0.05) is 17.8 Å². The lowest BCUT2D eigenvalue weighted by molar-refractivity contribution is -0.137. The summed E-state index contributed by atoms with van der Waals surface area (Å²) in [5, 5.41) is 14.5. The predicted molar refractivity (Wildman–Crippen MR) is 78.7 cm³/mol. The Morgan fingerprint density at radius 3 is 3.09 bits per heavy atom. The van der Waals surface area contributed by atoms with Crippen molar-refractivity contribution in [3.63, 3.8) is 0 Å². The number of ether oxygens (including phenoxy) is 1. The van der Waals surface area contributed by atoms with Gasteiger partial charge in [-0.2, -0.15) is 4.68 Å². The molecule has 3 rings (SSSR count). The molecule has 2 heterocycles. The highest BCUT2D eigenvalue weighted by Crippen LogP contribution is 2.29. The fraction of sp³-hybridized carbons (Fsp3) is 0.308. The molecule has 1 aliphatic heterocycles. The summed E-state index contributed by atoms with van der Waals surface area (Å²) in [4.78, 5) is 22.7. The normalized spacial score (nSPS) is 17.3. The number of cyclic esters (lactones) is 1. The topological polar surface area (TPSA) is 99.0 Å². The Hall–Kier alpha value is -2.42. The van der Waals surface area contributed by atoms with Gasteiger partial charge in [-0.15, -0.1) is 5.10 Å². The largest absolute Gasteiger partial charge is 0.465 e. The van der Waals surface area contributed by atoms with E-state index in [9.17, 15) is 9.59 Å². The SMILES string of the molecule is CC(=O)Nc1cccc(-n2nnnc2S[C@H]2CCOC2=O)c1. The number of rotatable bonds is 4. The summed E-state index contributed by atoms with van der Waals surface area (Å²) < 4.78 is 6.47. The zero-order valence-electron chi connectivity index (χ0n) is 11.7. The van der Waals surface area contributed by atoms with Crippen molar-refractivity contribution in [2.24, 2.45) is 0 Å². The Bertz CT molecular complexity index is 717. The van der Waals surface area contributed by atoms with Gasteiger partial charge in [-0.25, -0.2) is 0 Å². The molecule has 1 aliphatic rings. The molecule has 114 valence electrons. The molecule has 1 aromatic heterocycles. The summed E-state index contributed by atoms with van der Waals surface area (Å²) in [6.45, 7) is 1.87. The van der Waals surface area contributed by atoms with E-state index in [0.717, 1.165) is 0 Å². The first-order chi connectivity index (χ1) is 10.6. The quantitative estimate of drug-likeness (QED) is 0.840. The van der Waals surface area contributed by atoms with Crippen LogP contribution >= 0.6 is 11.8 Å². The zero-order chi connectivity index (χ0) is 15.5. The van der Waals surface area contributed by atoms with Gasteiger partial charge in [0.15, 0.2) is 0 Å². The second-order valence-electron chi connectivity index (χ2n) is 4.67. The number of amides is 1.